The third-order valence-electron chi connectivity index (χ3n) is 9.87. The van der Waals surface area contributed by atoms with Gasteiger partial charge in [0, 0.05) is 16.7 Å². The molecule has 0 spiro atoms. The summed E-state index contributed by atoms with van der Waals surface area (Å²) >= 11 is 0. The molecule has 278 valence electrons. The van der Waals surface area contributed by atoms with Crippen LogP contribution < -0.4 is 0 Å². The molecule has 3 aromatic heterocycles. The van der Waals surface area contributed by atoms with Gasteiger partial charge in [-0.2, -0.15) is 0 Å². The molecular formula is C47H27F4N7. The molecule has 10 rings (SSSR count). The van der Waals surface area contributed by atoms with Crippen LogP contribution in [0.1, 0.15) is 0 Å². The van der Waals surface area contributed by atoms with Crippen LogP contribution in [0, 0.1) is 23.3 Å². The van der Waals surface area contributed by atoms with Crippen LogP contribution in [-0.4, -0.2) is 34.1 Å². The molecule has 0 amide bonds. The Morgan fingerprint density at radius 1 is 0.345 bits per heavy atom. The summed E-state index contributed by atoms with van der Waals surface area (Å²) < 4.78 is 63.3. The van der Waals surface area contributed by atoms with Crippen LogP contribution in [0.15, 0.2) is 164 Å². The van der Waals surface area contributed by atoms with E-state index in [1.54, 1.807) is 60.7 Å². The average Bonchev–Trinajstić information content (AvgIpc) is 3.83. The number of hydrogen-bond donors (Lipinski definition) is 0. The maximum atomic E-state index is 15.7. The van der Waals surface area contributed by atoms with Crippen molar-refractivity contribution in [2.45, 2.75) is 0 Å². The van der Waals surface area contributed by atoms with Gasteiger partial charge < -0.3 is 0 Å². The molecule has 0 fully saturated rings. The zero-order valence-electron chi connectivity index (χ0n) is 30.2. The highest BCUT2D eigenvalue weighted by Gasteiger charge is 2.23. The highest BCUT2D eigenvalue weighted by atomic mass is 19.1. The average molecular weight is 766 g/mol. The highest BCUT2D eigenvalue weighted by Crippen LogP contribution is 2.37. The first-order chi connectivity index (χ1) is 28.4. The van der Waals surface area contributed by atoms with Crippen LogP contribution in [0.3, 0.4) is 0 Å². The third kappa shape index (κ3) is 6.15. The summed E-state index contributed by atoms with van der Waals surface area (Å²) in [7, 11) is 0. The van der Waals surface area contributed by atoms with Crippen molar-refractivity contribution >= 4 is 22.1 Å². The lowest BCUT2D eigenvalue weighted by Gasteiger charge is -2.17. The van der Waals surface area contributed by atoms with E-state index in [0.29, 0.717) is 61.8 Å². The highest BCUT2D eigenvalue weighted by molar-refractivity contribution is 5.87. The molecule has 7 aromatic carbocycles. The van der Waals surface area contributed by atoms with Crippen LogP contribution in [0.25, 0.3) is 90.4 Å². The fourth-order valence-electron chi connectivity index (χ4n) is 7.16. The molecule has 0 aliphatic rings. The van der Waals surface area contributed by atoms with Crippen molar-refractivity contribution in [3.63, 3.8) is 0 Å². The van der Waals surface area contributed by atoms with Gasteiger partial charge in [-0.1, -0.05) is 48.5 Å². The molecule has 0 atom stereocenters. The van der Waals surface area contributed by atoms with Crippen molar-refractivity contribution in [1.29, 1.82) is 0 Å². The van der Waals surface area contributed by atoms with E-state index in [1.165, 1.54) is 36.4 Å². The van der Waals surface area contributed by atoms with E-state index in [9.17, 15) is 8.78 Å². The second-order valence-corrected chi connectivity index (χ2v) is 13.5. The van der Waals surface area contributed by atoms with Gasteiger partial charge in [0.05, 0.1) is 44.6 Å². The largest absolute Gasteiger partial charge is 0.292 e. The van der Waals surface area contributed by atoms with E-state index >= 15 is 8.78 Å². The standard InChI is InChI=1S/C47H27F4N7/c48-31-21-17-28(18-22-31)43-54-44(29-19-23-32(49)24-20-29)56-45(55-43)30-25-33(57-41-15-7-5-13-39(41)52-46(57)35-9-1-3-11-37(35)50)27-34(26-30)58-42-16-8-6-14-40(42)53-47(58)36-10-2-4-12-38(36)51/h1-27H. The Morgan fingerprint density at radius 3 is 1.16 bits per heavy atom. The van der Waals surface area contributed by atoms with Gasteiger partial charge in [-0.15, -0.1) is 0 Å². The molecule has 0 aliphatic heterocycles. The lowest BCUT2D eigenvalue weighted by molar-refractivity contribution is 0.627. The summed E-state index contributed by atoms with van der Waals surface area (Å²) in [6, 6.07) is 45.1. The number of hydrogen-bond acceptors (Lipinski definition) is 5. The summed E-state index contributed by atoms with van der Waals surface area (Å²) in [4.78, 5) is 24.4. The van der Waals surface area contributed by atoms with Gasteiger partial charge in [-0.3, -0.25) is 9.13 Å². The minimum absolute atomic E-state index is 0.227. The molecule has 7 nitrogen and oxygen atoms in total. The van der Waals surface area contributed by atoms with Crippen LogP contribution in [-0.2, 0) is 0 Å². The normalized spacial score (nSPS) is 11.4. The predicted octanol–water partition coefficient (Wildman–Crippen LogP) is 11.4. The molecule has 0 bridgehead atoms. The van der Waals surface area contributed by atoms with Crippen LogP contribution in [0.4, 0.5) is 17.6 Å². The Balaban J connectivity index is 1.31. The van der Waals surface area contributed by atoms with E-state index in [1.807, 2.05) is 75.9 Å². The van der Waals surface area contributed by atoms with Crippen molar-refractivity contribution in [3.05, 3.63) is 187 Å². The third-order valence-corrected chi connectivity index (χ3v) is 9.87. The number of rotatable bonds is 7. The molecule has 58 heavy (non-hydrogen) atoms. The SMILES string of the molecule is Fc1ccc(-c2nc(-c3ccc(F)cc3)nc(-c3cc(-n4c(-c5ccccc5F)nc5ccccc54)cc(-n4c(-c5ccccc5F)nc5ccccc54)c3)n2)cc1. The quantitative estimate of drug-likeness (QED) is 0.151. The van der Waals surface area contributed by atoms with E-state index < -0.39 is 23.3 Å². The van der Waals surface area contributed by atoms with Crippen molar-refractivity contribution in [3.8, 4) is 68.3 Å². The van der Waals surface area contributed by atoms with Gasteiger partial charge in [-0.05, 0) is 115 Å². The zero-order chi connectivity index (χ0) is 39.3. The second kappa shape index (κ2) is 14.1. The van der Waals surface area contributed by atoms with Crippen molar-refractivity contribution in [2.24, 2.45) is 0 Å². The smallest absolute Gasteiger partial charge is 0.164 e. The van der Waals surface area contributed by atoms with Crippen LogP contribution in [0.5, 0.6) is 0 Å². The first kappa shape index (κ1) is 34.7. The second-order valence-electron chi connectivity index (χ2n) is 13.5. The minimum atomic E-state index is -0.455. The lowest BCUT2D eigenvalue weighted by atomic mass is 10.1. The molecular weight excluding hydrogens is 739 g/mol. The molecule has 0 saturated carbocycles. The number of imidazole rings is 2. The zero-order valence-corrected chi connectivity index (χ0v) is 30.2. The van der Waals surface area contributed by atoms with Crippen LogP contribution in [0.2, 0.25) is 0 Å². The number of benzene rings is 7. The van der Waals surface area contributed by atoms with Gasteiger partial charge in [-0.25, -0.2) is 42.5 Å². The van der Waals surface area contributed by atoms with Gasteiger partial charge in [0.15, 0.2) is 17.5 Å². The maximum Gasteiger partial charge on any atom is 0.164 e. The number of fused-ring (bicyclic) bond motifs is 2. The number of halogens is 4. The van der Waals surface area contributed by atoms with Gasteiger partial charge in [0.25, 0.3) is 0 Å². The molecule has 11 heteroatoms. The molecule has 0 N–H and O–H groups in total. The van der Waals surface area contributed by atoms with Gasteiger partial charge in [0.2, 0.25) is 0 Å². The Morgan fingerprint density at radius 2 is 0.724 bits per heavy atom. The molecule has 3 heterocycles. The minimum Gasteiger partial charge on any atom is -0.292 e. The Labute approximate surface area is 328 Å². The van der Waals surface area contributed by atoms with E-state index in [4.69, 9.17) is 24.9 Å². The predicted molar refractivity (Wildman–Crippen MR) is 216 cm³/mol. The topological polar surface area (TPSA) is 74.3 Å². The molecule has 0 unspecified atom stereocenters. The van der Waals surface area contributed by atoms with E-state index in [-0.39, 0.29) is 28.6 Å². The van der Waals surface area contributed by atoms with Crippen molar-refractivity contribution in [2.75, 3.05) is 0 Å². The van der Waals surface area contributed by atoms with E-state index in [0.717, 1.165) is 0 Å². The van der Waals surface area contributed by atoms with E-state index in [2.05, 4.69) is 0 Å². The Bertz CT molecular complexity index is 2970. The Hall–Kier alpha value is -7.79. The monoisotopic (exact) mass is 765 g/mol. The maximum absolute atomic E-state index is 15.7. The number of aromatic nitrogens is 7. The fraction of sp³-hybridized carbons (Fsp3) is 0. The molecule has 0 radical (unpaired) electrons. The number of nitrogens with zero attached hydrogens (tertiary/aromatic N) is 7. The van der Waals surface area contributed by atoms with Gasteiger partial charge in [0.1, 0.15) is 34.9 Å². The summed E-state index contributed by atoms with van der Waals surface area (Å²) in [5, 5.41) is 0. The summed E-state index contributed by atoms with van der Waals surface area (Å²) in [5.74, 6) is -0.343. The van der Waals surface area contributed by atoms with Crippen molar-refractivity contribution in [1.82, 2.24) is 34.1 Å². The summed E-state index contributed by atoms with van der Waals surface area (Å²) in [5.41, 5.74) is 5.88. The number of para-hydroxylation sites is 4. The fourth-order valence-corrected chi connectivity index (χ4v) is 7.16. The molecule has 0 aliphatic carbocycles. The Kier molecular flexibility index (Phi) is 8.40. The first-order valence-electron chi connectivity index (χ1n) is 18.3. The van der Waals surface area contributed by atoms with Crippen molar-refractivity contribution < 1.29 is 17.6 Å². The summed E-state index contributed by atoms with van der Waals surface area (Å²) in [6.07, 6.45) is 0. The lowest BCUT2D eigenvalue weighted by Crippen LogP contribution is -2.05. The molecule has 0 saturated heterocycles. The van der Waals surface area contributed by atoms with Crippen LogP contribution >= 0.6 is 0 Å². The molecule has 10 aromatic rings. The first-order valence-corrected chi connectivity index (χ1v) is 18.3. The van der Waals surface area contributed by atoms with Gasteiger partial charge >= 0.3 is 0 Å². The summed E-state index contributed by atoms with van der Waals surface area (Å²) in [6.45, 7) is 0.